The maximum Gasteiger partial charge on any atom is 0.144 e. The quantitative estimate of drug-likeness (QED) is 0.172. The van der Waals surface area contributed by atoms with Gasteiger partial charge in [0.05, 0.1) is 0 Å². The summed E-state index contributed by atoms with van der Waals surface area (Å²) < 4.78 is 27.8. The van der Waals surface area contributed by atoms with Crippen LogP contribution in [0.4, 0.5) is 17.1 Å². The number of benzene rings is 13. The summed E-state index contributed by atoms with van der Waals surface area (Å²) in [5.41, 5.74) is 33.9. The highest BCUT2D eigenvalue weighted by molar-refractivity contribution is 6.24. The molecule has 13 aromatic carbocycles. The van der Waals surface area contributed by atoms with Crippen LogP contribution >= 0.6 is 0 Å². The molecule has 95 heavy (non-hydrogen) atoms. The van der Waals surface area contributed by atoms with Crippen molar-refractivity contribution in [1.82, 2.24) is 0 Å². The largest absolute Gasteiger partial charge is 0.456 e. The molecule has 0 bridgehead atoms. The number of hydrogen-bond donors (Lipinski definition) is 0. The molecular weight excluding hydrogens is 1160 g/mol. The van der Waals surface area contributed by atoms with E-state index in [-0.39, 0.29) is 5.41 Å². The van der Waals surface area contributed by atoms with Crippen LogP contribution in [-0.4, -0.2) is 0 Å². The number of furan rings is 4. The highest BCUT2D eigenvalue weighted by Crippen LogP contribution is 2.65. The third kappa shape index (κ3) is 6.68. The minimum absolute atomic E-state index is 0.285. The monoisotopic (exact) mass is 1220 g/mol. The Balaban J connectivity index is 0.803. The van der Waals surface area contributed by atoms with E-state index in [1.54, 1.807) is 0 Å². The van der Waals surface area contributed by atoms with Crippen molar-refractivity contribution in [2.75, 3.05) is 4.90 Å². The highest BCUT2D eigenvalue weighted by atomic mass is 16.3. The molecule has 0 saturated carbocycles. The van der Waals surface area contributed by atoms with Crippen molar-refractivity contribution in [3.63, 3.8) is 0 Å². The normalized spacial score (nSPS) is 15.5. The fraction of sp³-hybridized carbons (Fsp3) is 0.133. The van der Waals surface area contributed by atoms with E-state index in [9.17, 15) is 0 Å². The van der Waals surface area contributed by atoms with E-state index in [0.29, 0.717) is 0 Å². The highest BCUT2D eigenvalue weighted by Gasteiger charge is 2.49. The molecule has 0 radical (unpaired) electrons. The lowest BCUT2D eigenvalue weighted by Gasteiger charge is -2.32. The molecule has 4 aliphatic carbocycles. The third-order valence-corrected chi connectivity index (χ3v) is 23.0. The zero-order valence-electron chi connectivity index (χ0n) is 54.1. The average Bonchev–Trinajstić information content (AvgIpc) is 1.52. The molecule has 452 valence electrons. The lowest BCUT2D eigenvalue weighted by atomic mass is 9.72. The van der Waals surface area contributed by atoms with Crippen LogP contribution in [0, 0.1) is 0 Å². The van der Waals surface area contributed by atoms with Gasteiger partial charge in [-0.2, -0.15) is 0 Å². The molecule has 4 aromatic heterocycles. The van der Waals surface area contributed by atoms with Crippen molar-refractivity contribution in [2.24, 2.45) is 0 Å². The molecular formula is C90H63NO4. The van der Waals surface area contributed by atoms with Gasteiger partial charge in [0.2, 0.25) is 0 Å². The summed E-state index contributed by atoms with van der Waals surface area (Å²) in [6, 6.07) is 87.3. The lowest BCUT2D eigenvalue weighted by Crippen LogP contribution is -2.24. The first kappa shape index (κ1) is 53.4. The SMILES string of the molecule is CC1(C)c2cc(N(c3ccc4c(c3)C(C)(C)c3cc(-c5cccc6oc7ccccc7c56)c5oc6ccccc6c5c3-4)c3ccc4c(c3)C(C)(C)c3c5c(c6oc7ccccc7c6c3-4)-c3ccccc3C5(C)C)ccc2-c2c1cc(-c1ccccc1)c1oc3ccccc3c21. The van der Waals surface area contributed by atoms with Gasteiger partial charge in [-0.15, -0.1) is 0 Å². The molecule has 4 heterocycles. The van der Waals surface area contributed by atoms with Gasteiger partial charge in [0.25, 0.3) is 0 Å². The van der Waals surface area contributed by atoms with E-state index < -0.39 is 16.2 Å². The van der Waals surface area contributed by atoms with Gasteiger partial charge in [0.1, 0.15) is 44.7 Å². The number of nitrogens with zero attached hydrogens (tertiary/aromatic N) is 1. The van der Waals surface area contributed by atoms with Gasteiger partial charge in [0.15, 0.2) is 0 Å². The van der Waals surface area contributed by atoms with Gasteiger partial charge in [0, 0.05) is 98.5 Å². The summed E-state index contributed by atoms with van der Waals surface area (Å²) >= 11 is 0. The topological polar surface area (TPSA) is 55.8 Å². The third-order valence-electron chi connectivity index (χ3n) is 23.0. The Hall–Kier alpha value is -11.1. The zero-order valence-corrected chi connectivity index (χ0v) is 54.1. The Morgan fingerprint density at radius 1 is 0.242 bits per heavy atom. The molecule has 5 nitrogen and oxygen atoms in total. The van der Waals surface area contributed by atoms with E-state index in [4.69, 9.17) is 17.7 Å². The molecule has 0 aliphatic heterocycles. The maximum atomic E-state index is 7.13. The van der Waals surface area contributed by atoms with Crippen LogP contribution in [-0.2, 0) is 21.7 Å². The summed E-state index contributed by atoms with van der Waals surface area (Å²) in [4.78, 5) is 2.56. The Labute approximate surface area is 549 Å². The summed E-state index contributed by atoms with van der Waals surface area (Å²) in [6.45, 7) is 19.5. The smallest absolute Gasteiger partial charge is 0.144 e. The standard InChI is InChI=1S/C90H63NO4/c1-87(2)64-43-49(37-40-54(64)75-67(87)46-61(48-23-10-9-11-24-48)84-78(75)58-27-14-19-33-70(58)93-84)91(51-39-42-56-66(45-51)90(7,8)82-77(56)80-60-29-16-21-35-72(60)95-86(80)81-53-25-12-17-31-63(53)89(5,6)83(81)82)50-38-41-55-65(44-50)88(3,4)68-47-62(85-79(76(55)68)59-28-15-20-34-71(59)94-85)52-30-22-36-73-74(52)57-26-13-18-32-69(57)92-73/h9-47H,1-8H3. The van der Waals surface area contributed by atoms with Gasteiger partial charge >= 0.3 is 0 Å². The second-order valence-corrected chi connectivity index (χ2v) is 29.3. The number of fused-ring (bicyclic) bond motifs is 29. The molecule has 0 spiro atoms. The molecule has 17 aromatic rings. The predicted molar refractivity (Wildman–Crippen MR) is 391 cm³/mol. The van der Waals surface area contributed by atoms with Crippen LogP contribution in [0.25, 0.3) is 155 Å². The van der Waals surface area contributed by atoms with E-state index in [1.807, 2.05) is 6.07 Å². The molecule has 0 unspecified atom stereocenters. The summed E-state index contributed by atoms with van der Waals surface area (Å²) in [5, 5.41) is 9.09. The molecule has 5 heteroatoms. The minimum atomic E-state index is -0.443. The second kappa shape index (κ2) is 18.0. The molecule has 0 fully saturated rings. The predicted octanol–water partition coefficient (Wildman–Crippen LogP) is 25.3. The van der Waals surface area contributed by atoms with Gasteiger partial charge in [-0.25, -0.2) is 0 Å². The summed E-state index contributed by atoms with van der Waals surface area (Å²) in [7, 11) is 0. The Morgan fingerprint density at radius 3 is 1.20 bits per heavy atom. The van der Waals surface area contributed by atoms with Gasteiger partial charge in [-0.1, -0.05) is 213 Å². The van der Waals surface area contributed by atoms with E-state index in [2.05, 4.69) is 291 Å². The van der Waals surface area contributed by atoms with E-state index in [1.165, 1.54) is 99.8 Å². The van der Waals surface area contributed by atoms with E-state index >= 15 is 0 Å². The Morgan fingerprint density at radius 2 is 0.632 bits per heavy atom. The van der Waals surface area contributed by atoms with E-state index in [0.717, 1.165) is 116 Å². The Kier molecular flexibility index (Phi) is 10.1. The van der Waals surface area contributed by atoms with Crippen LogP contribution in [0.15, 0.2) is 254 Å². The number of para-hydroxylation sites is 4. The molecule has 21 rings (SSSR count). The summed E-state index contributed by atoms with van der Waals surface area (Å²) in [5.74, 6) is 0. The first-order valence-electron chi connectivity index (χ1n) is 33.5. The molecule has 0 saturated heterocycles. The number of rotatable bonds is 5. The van der Waals surface area contributed by atoms with Crippen molar-refractivity contribution >= 4 is 105 Å². The van der Waals surface area contributed by atoms with Crippen LogP contribution < -0.4 is 4.90 Å². The van der Waals surface area contributed by atoms with Crippen molar-refractivity contribution in [3.8, 4) is 66.8 Å². The fourth-order valence-electron chi connectivity index (χ4n) is 18.6. The number of anilines is 3. The maximum absolute atomic E-state index is 7.13. The van der Waals surface area contributed by atoms with Crippen molar-refractivity contribution in [3.05, 3.63) is 281 Å². The first-order chi connectivity index (χ1) is 46.2. The lowest BCUT2D eigenvalue weighted by molar-refractivity contribution is 0.600. The zero-order chi connectivity index (χ0) is 63.5. The first-order valence-corrected chi connectivity index (χ1v) is 33.5. The van der Waals surface area contributed by atoms with Crippen molar-refractivity contribution in [2.45, 2.75) is 77.0 Å². The number of hydrogen-bond acceptors (Lipinski definition) is 5. The molecule has 0 N–H and O–H groups in total. The fourth-order valence-corrected chi connectivity index (χ4v) is 18.6. The van der Waals surface area contributed by atoms with Crippen molar-refractivity contribution in [1.29, 1.82) is 0 Å². The summed E-state index contributed by atoms with van der Waals surface area (Å²) in [6.07, 6.45) is 0. The molecule has 0 atom stereocenters. The molecule has 0 amide bonds. The second-order valence-electron chi connectivity index (χ2n) is 29.3. The van der Waals surface area contributed by atoms with Gasteiger partial charge < -0.3 is 22.6 Å². The Bertz CT molecular complexity index is 6350. The molecule has 4 aliphatic rings. The average molecular weight is 1220 g/mol. The van der Waals surface area contributed by atoms with Crippen LogP contribution in [0.3, 0.4) is 0 Å². The van der Waals surface area contributed by atoms with Crippen molar-refractivity contribution < 1.29 is 17.7 Å². The van der Waals surface area contributed by atoms with Crippen LogP contribution in [0.5, 0.6) is 0 Å². The van der Waals surface area contributed by atoms with Crippen LogP contribution in [0.1, 0.15) is 99.9 Å². The minimum Gasteiger partial charge on any atom is -0.456 e. The van der Waals surface area contributed by atoms with Gasteiger partial charge in [-0.05, 0) is 173 Å². The van der Waals surface area contributed by atoms with Gasteiger partial charge in [-0.3, -0.25) is 0 Å². The van der Waals surface area contributed by atoms with Crippen LogP contribution in [0.2, 0.25) is 0 Å².